The molecule has 0 aromatic heterocycles. The van der Waals surface area contributed by atoms with Gasteiger partial charge in [0, 0.05) is 23.6 Å². The van der Waals surface area contributed by atoms with Gasteiger partial charge in [0.1, 0.15) is 11.5 Å². The monoisotopic (exact) mass is 574 g/mol. The lowest BCUT2D eigenvalue weighted by atomic mass is 9.91. The second-order valence-electron chi connectivity index (χ2n) is 12.5. The number of nitrogens with zero attached hydrogens (tertiary/aromatic N) is 2. The molecular weight excluding hydrogens is 516 g/mol. The lowest BCUT2D eigenvalue weighted by molar-refractivity contribution is 0.390. The van der Waals surface area contributed by atoms with Crippen LogP contribution in [0.3, 0.4) is 0 Å². The summed E-state index contributed by atoms with van der Waals surface area (Å²) >= 11 is 0. The molecule has 0 radical (unpaired) electrons. The molecule has 232 valence electrons. The van der Waals surface area contributed by atoms with Crippen LogP contribution in [0.1, 0.15) is 152 Å². The molecule has 4 nitrogen and oxygen atoms in total. The van der Waals surface area contributed by atoms with E-state index < -0.39 is 0 Å². The minimum Gasteiger partial charge on any atom is -0.507 e. The van der Waals surface area contributed by atoms with Gasteiger partial charge in [-0.1, -0.05) is 116 Å². The Morgan fingerprint density at radius 3 is 1.36 bits per heavy atom. The molecule has 2 aromatic rings. The zero-order valence-electron chi connectivity index (χ0n) is 26.7. The molecule has 1 aliphatic carbocycles. The largest absolute Gasteiger partial charge is 0.507 e. The van der Waals surface area contributed by atoms with E-state index in [1.165, 1.54) is 101 Å². The van der Waals surface area contributed by atoms with E-state index in [4.69, 9.17) is 9.98 Å². The highest BCUT2D eigenvalue weighted by Gasteiger charge is 2.23. The Bertz CT molecular complexity index is 991. The number of phenols is 2. The first-order valence-corrected chi connectivity index (χ1v) is 17.3. The topological polar surface area (TPSA) is 65.2 Å². The van der Waals surface area contributed by atoms with Gasteiger partial charge >= 0.3 is 0 Å². The van der Waals surface area contributed by atoms with Gasteiger partial charge in [0.2, 0.25) is 0 Å². The number of aromatic hydroxyl groups is 2. The molecular formula is C38H58N2O2. The van der Waals surface area contributed by atoms with Crippen molar-refractivity contribution in [2.75, 3.05) is 0 Å². The Morgan fingerprint density at radius 1 is 0.571 bits per heavy atom. The van der Waals surface area contributed by atoms with Crippen molar-refractivity contribution in [3.63, 3.8) is 0 Å². The zero-order chi connectivity index (χ0) is 29.8. The molecule has 1 aliphatic rings. The maximum absolute atomic E-state index is 10.5. The summed E-state index contributed by atoms with van der Waals surface area (Å²) in [6.45, 7) is 4.52. The molecule has 1 fully saturated rings. The van der Waals surface area contributed by atoms with E-state index in [0.29, 0.717) is 11.5 Å². The number of phenolic OH excluding ortho intramolecular Hbond substituents is 2. The highest BCUT2D eigenvalue weighted by Crippen LogP contribution is 2.26. The summed E-state index contributed by atoms with van der Waals surface area (Å²) in [6.07, 6.45) is 28.4. The van der Waals surface area contributed by atoms with E-state index in [1.807, 2.05) is 36.7 Å². The van der Waals surface area contributed by atoms with E-state index in [2.05, 4.69) is 26.0 Å². The van der Waals surface area contributed by atoms with Crippen molar-refractivity contribution in [1.29, 1.82) is 0 Å². The van der Waals surface area contributed by atoms with E-state index >= 15 is 0 Å². The molecule has 42 heavy (non-hydrogen) atoms. The summed E-state index contributed by atoms with van der Waals surface area (Å²) < 4.78 is 0. The molecule has 0 unspecified atom stereocenters. The van der Waals surface area contributed by atoms with Crippen molar-refractivity contribution in [1.82, 2.24) is 0 Å². The van der Waals surface area contributed by atoms with E-state index in [9.17, 15) is 10.2 Å². The molecule has 0 saturated heterocycles. The molecule has 0 heterocycles. The van der Waals surface area contributed by atoms with Gasteiger partial charge in [-0.25, -0.2) is 0 Å². The lowest BCUT2D eigenvalue weighted by Crippen LogP contribution is -2.27. The van der Waals surface area contributed by atoms with Gasteiger partial charge < -0.3 is 10.2 Å². The second kappa shape index (κ2) is 20.3. The summed E-state index contributed by atoms with van der Waals surface area (Å²) in [5.41, 5.74) is 4.15. The lowest BCUT2D eigenvalue weighted by Gasteiger charge is -2.25. The van der Waals surface area contributed by atoms with Crippen LogP contribution in [0.4, 0.5) is 0 Å². The van der Waals surface area contributed by atoms with Crippen LogP contribution in [0.2, 0.25) is 0 Å². The SMILES string of the molecule is CCCCCCCCCc1ccc(O)c(C=N[C@H]2CCCC[C@H]2N=Cc2cc(CCCCCCCCC)ccc2O)c1. The Kier molecular flexibility index (Phi) is 16.4. The van der Waals surface area contributed by atoms with Crippen LogP contribution in [0, 0.1) is 0 Å². The number of hydrogen-bond donors (Lipinski definition) is 2. The highest BCUT2D eigenvalue weighted by molar-refractivity contribution is 5.84. The van der Waals surface area contributed by atoms with E-state index in [0.717, 1.165) is 49.7 Å². The first kappa shape index (κ1) is 33.9. The van der Waals surface area contributed by atoms with Crippen molar-refractivity contribution in [2.24, 2.45) is 9.98 Å². The van der Waals surface area contributed by atoms with Gasteiger partial charge in [-0.2, -0.15) is 0 Å². The standard InChI is InChI=1S/C38H58N2O2/c1-3-5-7-9-11-13-15-19-31-23-25-37(41)33(27-31)29-39-35-21-17-18-22-36(35)40-30-34-28-32(24-26-38(34)42)20-16-14-12-10-8-6-4-2/h23-30,35-36,41-42H,3-22H2,1-2H3/t35-,36+. The third-order valence-corrected chi connectivity index (χ3v) is 8.83. The van der Waals surface area contributed by atoms with Crippen LogP contribution in [0.5, 0.6) is 11.5 Å². The first-order valence-electron chi connectivity index (χ1n) is 17.3. The number of hydrogen-bond acceptors (Lipinski definition) is 4. The van der Waals surface area contributed by atoms with Crippen LogP contribution in [-0.2, 0) is 12.8 Å². The van der Waals surface area contributed by atoms with Gasteiger partial charge in [0.25, 0.3) is 0 Å². The van der Waals surface area contributed by atoms with Gasteiger partial charge in [-0.05, 0) is 73.9 Å². The predicted octanol–water partition coefficient (Wildman–Crippen LogP) is 10.5. The number of aliphatic imine (C=N–C) groups is 2. The van der Waals surface area contributed by atoms with Crippen LogP contribution in [0.25, 0.3) is 0 Å². The Labute approximate surface area is 256 Å². The summed E-state index contributed by atoms with van der Waals surface area (Å²) in [5, 5.41) is 21.0. The summed E-state index contributed by atoms with van der Waals surface area (Å²) in [5.74, 6) is 0.584. The normalized spacial score (nSPS) is 17.5. The van der Waals surface area contributed by atoms with Crippen LogP contribution in [-0.4, -0.2) is 34.7 Å². The molecule has 2 N–H and O–H groups in total. The van der Waals surface area contributed by atoms with Gasteiger partial charge in [-0.3, -0.25) is 9.98 Å². The minimum atomic E-state index is 0.0965. The van der Waals surface area contributed by atoms with E-state index in [1.54, 1.807) is 0 Å². The van der Waals surface area contributed by atoms with Gasteiger partial charge in [0.05, 0.1) is 12.1 Å². The van der Waals surface area contributed by atoms with Crippen LogP contribution in [0.15, 0.2) is 46.4 Å². The molecule has 0 bridgehead atoms. The zero-order valence-corrected chi connectivity index (χ0v) is 26.7. The fourth-order valence-corrected chi connectivity index (χ4v) is 6.09. The summed E-state index contributed by atoms with van der Waals surface area (Å²) in [6, 6.07) is 12.1. The molecule has 2 atom stereocenters. The average molecular weight is 575 g/mol. The molecule has 2 aromatic carbocycles. The number of aryl methyl sites for hydroxylation is 2. The molecule has 3 rings (SSSR count). The fourth-order valence-electron chi connectivity index (χ4n) is 6.09. The minimum absolute atomic E-state index is 0.0965. The highest BCUT2D eigenvalue weighted by atomic mass is 16.3. The van der Waals surface area contributed by atoms with Crippen LogP contribution >= 0.6 is 0 Å². The Hall–Kier alpha value is -2.62. The quantitative estimate of drug-likeness (QED) is 0.122. The molecule has 0 aliphatic heterocycles. The van der Waals surface area contributed by atoms with Crippen molar-refractivity contribution < 1.29 is 10.2 Å². The molecule has 1 saturated carbocycles. The number of benzene rings is 2. The van der Waals surface area contributed by atoms with E-state index in [-0.39, 0.29) is 12.1 Å². The first-order chi connectivity index (χ1) is 20.6. The summed E-state index contributed by atoms with van der Waals surface area (Å²) in [4.78, 5) is 9.89. The third-order valence-electron chi connectivity index (χ3n) is 8.83. The van der Waals surface area contributed by atoms with Crippen LogP contribution < -0.4 is 0 Å². The smallest absolute Gasteiger partial charge is 0.124 e. The summed E-state index contributed by atoms with van der Waals surface area (Å²) in [7, 11) is 0. The molecule has 0 spiro atoms. The maximum Gasteiger partial charge on any atom is 0.124 e. The Balaban J connectivity index is 1.54. The number of rotatable bonds is 20. The van der Waals surface area contributed by atoms with Crippen molar-refractivity contribution >= 4 is 12.4 Å². The van der Waals surface area contributed by atoms with Crippen molar-refractivity contribution in [2.45, 2.75) is 154 Å². The fraction of sp³-hybridized carbons (Fsp3) is 0.632. The van der Waals surface area contributed by atoms with Gasteiger partial charge in [0.15, 0.2) is 0 Å². The Morgan fingerprint density at radius 2 is 0.952 bits per heavy atom. The van der Waals surface area contributed by atoms with Crippen molar-refractivity contribution in [3.8, 4) is 11.5 Å². The third kappa shape index (κ3) is 12.7. The second-order valence-corrected chi connectivity index (χ2v) is 12.5. The maximum atomic E-state index is 10.5. The predicted molar refractivity (Wildman–Crippen MR) is 181 cm³/mol. The van der Waals surface area contributed by atoms with Gasteiger partial charge in [-0.15, -0.1) is 0 Å². The number of unbranched alkanes of at least 4 members (excludes halogenated alkanes) is 12. The van der Waals surface area contributed by atoms with Crippen molar-refractivity contribution in [3.05, 3.63) is 58.7 Å². The molecule has 0 amide bonds. The molecule has 4 heteroatoms. The average Bonchev–Trinajstić information content (AvgIpc) is 3.00.